The average molecular weight is 311 g/mol. The van der Waals surface area contributed by atoms with Gasteiger partial charge in [-0.3, -0.25) is 4.79 Å². The Balaban J connectivity index is 1.60. The van der Waals surface area contributed by atoms with Crippen LogP contribution < -0.4 is 14.8 Å². The van der Waals surface area contributed by atoms with Gasteiger partial charge in [0.2, 0.25) is 6.79 Å². The van der Waals surface area contributed by atoms with E-state index in [4.69, 9.17) is 9.47 Å². The first-order chi connectivity index (χ1) is 11.3. The molecule has 1 aromatic carbocycles. The Labute approximate surface area is 133 Å². The summed E-state index contributed by atoms with van der Waals surface area (Å²) in [5.41, 5.74) is 2.05. The summed E-state index contributed by atoms with van der Waals surface area (Å²) in [5, 5.41) is 7.89. The highest BCUT2D eigenvalue weighted by atomic mass is 16.7. The molecule has 0 radical (unpaired) electrons. The number of hydrogen-bond donors (Lipinski definition) is 1. The Hall–Kier alpha value is -2.50. The molecule has 1 N–H and O–H groups in total. The highest BCUT2D eigenvalue weighted by Crippen LogP contribution is 2.51. The summed E-state index contributed by atoms with van der Waals surface area (Å²) in [4.78, 5) is 12.0. The summed E-state index contributed by atoms with van der Waals surface area (Å²) in [6.07, 6.45) is 3.73. The zero-order valence-corrected chi connectivity index (χ0v) is 12.7. The molecule has 0 spiro atoms. The minimum Gasteiger partial charge on any atom is -0.454 e. The van der Waals surface area contributed by atoms with Crippen LogP contribution in [0.2, 0.25) is 0 Å². The van der Waals surface area contributed by atoms with E-state index in [2.05, 4.69) is 22.5 Å². The van der Waals surface area contributed by atoms with Crippen molar-refractivity contribution in [3.63, 3.8) is 0 Å². The van der Waals surface area contributed by atoms with Crippen molar-refractivity contribution in [2.45, 2.75) is 31.1 Å². The molecular weight excluding hydrogens is 294 g/mol. The molecule has 6 nitrogen and oxygen atoms in total. The van der Waals surface area contributed by atoms with Crippen LogP contribution in [0.5, 0.6) is 11.5 Å². The molecule has 23 heavy (non-hydrogen) atoms. The predicted octanol–water partition coefficient (Wildman–Crippen LogP) is 2.54. The quantitative estimate of drug-likeness (QED) is 0.923. The molecule has 3 heterocycles. The Morgan fingerprint density at radius 3 is 2.83 bits per heavy atom. The number of ether oxygens (including phenoxy) is 2. The maximum absolute atomic E-state index is 12.0. The highest BCUT2D eigenvalue weighted by molar-refractivity contribution is 5.83. The summed E-state index contributed by atoms with van der Waals surface area (Å²) in [7, 11) is 0. The van der Waals surface area contributed by atoms with Crippen molar-refractivity contribution in [1.82, 2.24) is 9.78 Å². The predicted molar refractivity (Wildman–Crippen MR) is 83.2 cm³/mol. The summed E-state index contributed by atoms with van der Waals surface area (Å²) >= 11 is 0. The first-order valence-corrected chi connectivity index (χ1v) is 8.04. The molecule has 118 valence electrons. The molecule has 0 atom stereocenters. The van der Waals surface area contributed by atoms with Crippen LogP contribution in [0.3, 0.4) is 0 Å². The fourth-order valence-electron chi connectivity index (χ4n) is 3.75. The van der Waals surface area contributed by atoms with Crippen LogP contribution in [-0.4, -0.2) is 29.0 Å². The second-order valence-corrected chi connectivity index (χ2v) is 6.40. The lowest BCUT2D eigenvalue weighted by Gasteiger charge is -2.41. The molecular formula is C17H17N3O3. The number of rotatable bonds is 2. The van der Waals surface area contributed by atoms with E-state index in [-0.39, 0.29) is 18.1 Å². The molecule has 2 aliphatic heterocycles. The second kappa shape index (κ2) is 4.50. The van der Waals surface area contributed by atoms with Crippen LogP contribution in [-0.2, 0) is 5.41 Å². The zero-order valence-electron chi connectivity index (χ0n) is 12.7. The number of hydrogen-bond acceptors (Lipinski definition) is 5. The smallest absolute Gasteiger partial charge is 0.250 e. The molecule has 3 aliphatic rings. The van der Waals surface area contributed by atoms with E-state index in [1.807, 2.05) is 12.1 Å². The van der Waals surface area contributed by atoms with E-state index in [9.17, 15) is 4.79 Å². The third-order valence-electron chi connectivity index (χ3n) is 5.21. The lowest BCUT2D eigenvalue weighted by atomic mass is 9.62. The van der Waals surface area contributed by atoms with Gasteiger partial charge >= 0.3 is 0 Å². The van der Waals surface area contributed by atoms with E-state index in [1.54, 1.807) is 0 Å². The fraction of sp³-hybridized carbons (Fsp3) is 0.412. The van der Waals surface area contributed by atoms with Crippen molar-refractivity contribution in [3.05, 3.63) is 35.5 Å². The number of carbonyl (C=O) groups is 1. The molecule has 1 saturated carbocycles. The topological polar surface area (TPSA) is 65.4 Å². The summed E-state index contributed by atoms with van der Waals surface area (Å²) < 4.78 is 12.4. The van der Waals surface area contributed by atoms with Gasteiger partial charge in [-0.05, 0) is 30.5 Å². The van der Waals surface area contributed by atoms with E-state index >= 15 is 0 Å². The average Bonchev–Trinajstić information content (AvgIpc) is 3.13. The number of fused-ring (bicyclic) bond motifs is 2. The van der Waals surface area contributed by atoms with Crippen LogP contribution in [0, 0.1) is 0 Å². The van der Waals surface area contributed by atoms with Crippen LogP contribution in [0.4, 0.5) is 5.82 Å². The minimum atomic E-state index is -0.118. The number of nitrogens with one attached hydrogen (secondary N) is 1. The Bertz CT molecular complexity index is 807. The van der Waals surface area contributed by atoms with E-state index in [0.29, 0.717) is 13.0 Å². The standard InChI is InChI=1S/C17H17N3O3/c21-16-4-7-18-15-9-14(19-20(15)16)17(5-1-6-17)11-2-3-12-13(8-11)23-10-22-12/h2-3,8-9,18H,1,4-7,10H2. The second-order valence-electron chi connectivity index (χ2n) is 6.40. The number of aromatic nitrogens is 2. The maximum Gasteiger partial charge on any atom is 0.250 e. The molecule has 0 bridgehead atoms. The molecule has 0 unspecified atom stereocenters. The van der Waals surface area contributed by atoms with Crippen molar-refractivity contribution in [3.8, 4) is 11.5 Å². The first-order valence-electron chi connectivity index (χ1n) is 8.04. The van der Waals surface area contributed by atoms with Crippen molar-refractivity contribution >= 4 is 11.7 Å². The van der Waals surface area contributed by atoms with Gasteiger partial charge in [-0.15, -0.1) is 0 Å². The lowest BCUT2D eigenvalue weighted by molar-refractivity contribution is 0.0885. The normalized spacial score (nSPS) is 20.6. The van der Waals surface area contributed by atoms with Gasteiger partial charge in [0.05, 0.1) is 5.69 Å². The number of anilines is 1. The monoisotopic (exact) mass is 311 g/mol. The third kappa shape index (κ3) is 1.75. The van der Waals surface area contributed by atoms with Gasteiger partial charge in [0.25, 0.3) is 5.91 Å². The minimum absolute atomic E-state index is 0.0603. The third-order valence-corrected chi connectivity index (χ3v) is 5.21. The van der Waals surface area contributed by atoms with Gasteiger partial charge < -0.3 is 14.8 Å². The van der Waals surface area contributed by atoms with Gasteiger partial charge in [-0.1, -0.05) is 12.5 Å². The lowest BCUT2D eigenvalue weighted by Crippen LogP contribution is -2.36. The highest BCUT2D eigenvalue weighted by Gasteiger charge is 2.44. The van der Waals surface area contributed by atoms with Crippen LogP contribution in [0.15, 0.2) is 24.3 Å². The molecule has 1 fully saturated rings. The summed E-state index contributed by atoms with van der Waals surface area (Å²) in [6.45, 7) is 0.962. The van der Waals surface area contributed by atoms with Gasteiger partial charge in [-0.2, -0.15) is 9.78 Å². The van der Waals surface area contributed by atoms with E-state index < -0.39 is 0 Å². The van der Waals surface area contributed by atoms with Crippen molar-refractivity contribution in [1.29, 1.82) is 0 Å². The van der Waals surface area contributed by atoms with Crippen molar-refractivity contribution in [2.24, 2.45) is 0 Å². The van der Waals surface area contributed by atoms with Crippen molar-refractivity contribution in [2.75, 3.05) is 18.7 Å². The summed E-state index contributed by atoms with van der Waals surface area (Å²) in [6, 6.07) is 8.16. The van der Waals surface area contributed by atoms with Gasteiger partial charge in [-0.25, -0.2) is 0 Å². The molecule has 2 aromatic rings. The Morgan fingerprint density at radius 2 is 2.04 bits per heavy atom. The van der Waals surface area contributed by atoms with Gasteiger partial charge in [0.1, 0.15) is 5.82 Å². The maximum atomic E-state index is 12.0. The largest absolute Gasteiger partial charge is 0.454 e. The molecule has 6 heteroatoms. The Morgan fingerprint density at radius 1 is 1.17 bits per heavy atom. The Kier molecular flexibility index (Phi) is 2.54. The van der Waals surface area contributed by atoms with Crippen LogP contribution >= 0.6 is 0 Å². The molecule has 1 aliphatic carbocycles. The zero-order chi connectivity index (χ0) is 15.4. The molecule has 5 rings (SSSR count). The van der Waals surface area contributed by atoms with Gasteiger partial charge in [0.15, 0.2) is 11.5 Å². The number of benzene rings is 1. The molecule has 0 amide bonds. The fourth-order valence-corrected chi connectivity index (χ4v) is 3.75. The van der Waals surface area contributed by atoms with E-state index in [1.165, 1.54) is 10.2 Å². The number of carbonyl (C=O) groups excluding carboxylic acids is 1. The molecule has 1 aromatic heterocycles. The first kappa shape index (κ1) is 13.0. The summed E-state index contributed by atoms with van der Waals surface area (Å²) in [5.74, 6) is 2.46. The van der Waals surface area contributed by atoms with Gasteiger partial charge in [0, 0.05) is 24.4 Å². The van der Waals surface area contributed by atoms with E-state index in [0.717, 1.165) is 42.3 Å². The van der Waals surface area contributed by atoms with Crippen molar-refractivity contribution < 1.29 is 14.3 Å². The SMILES string of the molecule is O=C1CCNc2cc(C3(c4ccc5c(c4)OCO5)CCC3)nn21. The van der Waals surface area contributed by atoms with Crippen LogP contribution in [0.1, 0.15) is 41.7 Å². The number of nitrogens with zero attached hydrogens (tertiary/aromatic N) is 2. The molecule has 0 saturated heterocycles. The van der Waals surface area contributed by atoms with Crippen LogP contribution in [0.25, 0.3) is 0 Å².